The number of benzene rings is 1. The minimum absolute atomic E-state index is 0.279. The Bertz CT molecular complexity index is 374. The van der Waals surface area contributed by atoms with Crippen LogP contribution in [0.25, 0.3) is 0 Å². The normalized spacial score (nSPS) is 22.5. The van der Waals surface area contributed by atoms with Crippen LogP contribution in [-0.4, -0.2) is 10.9 Å². The first-order valence-corrected chi connectivity index (χ1v) is 5.82. The third kappa shape index (κ3) is 2.59. The summed E-state index contributed by atoms with van der Waals surface area (Å²) >= 11 is 11.8. The summed E-state index contributed by atoms with van der Waals surface area (Å²) in [7, 11) is 0. The average molecular weight is 245 g/mol. The van der Waals surface area contributed by atoms with Gasteiger partial charge in [0.1, 0.15) is 10.1 Å². The minimum atomic E-state index is -0.543. The van der Waals surface area contributed by atoms with Crippen LogP contribution in [-0.2, 0) is 0 Å². The van der Waals surface area contributed by atoms with Crippen molar-refractivity contribution in [2.24, 2.45) is 5.92 Å². The molecule has 1 saturated carbocycles. The molecule has 3 heteroatoms. The van der Waals surface area contributed by atoms with Gasteiger partial charge in [-0.15, -0.1) is 23.2 Å². The standard InChI is InChI=1S/C12H14Cl2O/c1-8-3-4-11(9(2)5-8)15-7-10-6-12(10,13)14/h3-5,10H,6-7H2,1-2H3. The average Bonchev–Trinajstić information content (AvgIpc) is 2.73. The highest BCUT2D eigenvalue weighted by atomic mass is 35.5. The van der Waals surface area contributed by atoms with Gasteiger partial charge in [-0.3, -0.25) is 0 Å². The lowest BCUT2D eigenvalue weighted by molar-refractivity contribution is 0.296. The molecule has 1 atom stereocenters. The second-order valence-corrected chi connectivity index (χ2v) is 5.78. The van der Waals surface area contributed by atoms with E-state index in [1.807, 2.05) is 19.1 Å². The molecule has 82 valence electrons. The number of hydrogen-bond acceptors (Lipinski definition) is 1. The monoisotopic (exact) mass is 244 g/mol. The molecular weight excluding hydrogens is 231 g/mol. The molecule has 2 rings (SSSR count). The van der Waals surface area contributed by atoms with E-state index in [9.17, 15) is 0 Å². The summed E-state index contributed by atoms with van der Waals surface area (Å²) in [5.41, 5.74) is 2.40. The summed E-state index contributed by atoms with van der Waals surface area (Å²) in [4.78, 5) is 0. The van der Waals surface area contributed by atoms with Gasteiger partial charge in [0.15, 0.2) is 0 Å². The van der Waals surface area contributed by atoms with Crippen molar-refractivity contribution < 1.29 is 4.74 Å². The van der Waals surface area contributed by atoms with Crippen molar-refractivity contribution >= 4 is 23.2 Å². The molecule has 0 radical (unpaired) electrons. The molecule has 1 unspecified atom stereocenters. The fourth-order valence-electron chi connectivity index (χ4n) is 1.60. The number of alkyl halides is 2. The molecule has 0 N–H and O–H groups in total. The highest BCUT2D eigenvalue weighted by molar-refractivity contribution is 6.50. The summed E-state index contributed by atoms with van der Waals surface area (Å²) in [6.45, 7) is 4.72. The van der Waals surface area contributed by atoms with Crippen LogP contribution in [0.15, 0.2) is 18.2 Å². The molecule has 1 aromatic rings. The smallest absolute Gasteiger partial charge is 0.125 e. The highest BCUT2D eigenvalue weighted by Gasteiger charge is 2.52. The van der Waals surface area contributed by atoms with Crippen molar-refractivity contribution in [3.8, 4) is 5.75 Å². The lowest BCUT2D eigenvalue weighted by Crippen LogP contribution is -2.05. The van der Waals surface area contributed by atoms with Crippen LogP contribution in [0.4, 0.5) is 0 Å². The van der Waals surface area contributed by atoms with Gasteiger partial charge in [-0.05, 0) is 31.9 Å². The Morgan fingerprint density at radius 1 is 1.40 bits per heavy atom. The summed E-state index contributed by atoms with van der Waals surface area (Å²) in [5.74, 6) is 1.21. The van der Waals surface area contributed by atoms with E-state index in [2.05, 4.69) is 13.0 Å². The fourth-order valence-corrected chi connectivity index (χ4v) is 2.10. The minimum Gasteiger partial charge on any atom is -0.493 e. The van der Waals surface area contributed by atoms with Crippen LogP contribution in [0.3, 0.4) is 0 Å². The van der Waals surface area contributed by atoms with Crippen LogP contribution in [0, 0.1) is 19.8 Å². The van der Waals surface area contributed by atoms with Crippen LogP contribution < -0.4 is 4.74 Å². The largest absolute Gasteiger partial charge is 0.493 e. The van der Waals surface area contributed by atoms with Crippen molar-refractivity contribution in [3.05, 3.63) is 29.3 Å². The van der Waals surface area contributed by atoms with E-state index in [1.165, 1.54) is 5.56 Å². The third-order valence-electron chi connectivity index (χ3n) is 2.73. The Labute approximate surface area is 100 Å². The number of aryl methyl sites for hydroxylation is 2. The Hall–Kier alpha value is -0.400. The predicted molar refractivity (Wildman–Crippen MR) is 64.0 cm³/mol. The van der Waals surface area contributed by atoms with Gasteiger partial charge in [-0.1, -0.05) is 17.7 Å². The maximum atomic E-state index is 5.92. The Balaban J connectivity index is 1.94. The molecule has 1 aliphatic rings. The molecule has 0 amide bonds. The third-order valence-corrected chi connectivity index (χ3v) is 3.65. The Kier molecular flexibility index (Phi) is 2.87. The van der Waals surface area contributed by atoms with E-state index in [1.54, 1.807) is 0 Å². The van der Waals surface area contributed by atoms with Gasteiger partial charge in [0.2, 0.25) is 0 Å². The molecule has 0 aromatic heterocycles. The molecule has 1 aromatic carbocycles. The highest BCUT2D eigenvalue weighted by Crippen LogP contribution is 2.53. The SMILES string of the molecule is Cc1ccc(OCC2CC2(Cl)Cl)c(C)c1. The summed E-state index contributed by atoms with van der Waals surface area (Å²) < 4.78 is 5.14. The molecule has 1 nitrogen and oxygen atoms in total. The first-order chi connectivity index (χ1) is 6.99. The fraction of sp³-hybridized carbons (Fsp3) is 0.500. The van der Waals surface area contributed by atoms with Gasteiger partial charge >= 0.3 is 0 Å². The molecule has 0 heterocycles. The zero-order valence-corrected chi connectivity index (χ0v) is 10.4. The van der Waals surface area contributed by atoms with Gasteiger partial charge in [0, 0.05) is 5.92 Å². The van der Waals surface area contributed by atoms with Gasteiger partial charge in [-0.2, -0.15) is 0 Å². The van der Waals surface area contributed by atoms with Gasteiger partial charge in [0.05, 0.1) is 6.61 Å². The topological polar surface area (TPSA) is 9.23 Å². The quantitative estimate of drug-likeness (QED) is 0.734. The van der Waals surface area contributed by atoms with Gasteiger partial charge < -0.3 is 4.74 Å². The molecule has 0 bridgehead atoms. The second kappa shape index (κ2) is 3.88. The van der Waals surface area contributed by atoms with E-state index in [0.29, 0.717) is 6.61 Å². The van der Waals surface area contributed by atoms with Crippen molar-refractivity contribution in [3.63, 3.8) is 0 Å². The number of rotatable bonds is 3. The van der Waals surface area contributed by atoms with Crippen LogP contribution >= 0.6 is 23.2 Å². The summed E-state index contributed by atoms with van der Waals surface area (Å²) in [6, 6.07) is 6.15. The Morgan fingerprint density at radius 2 is 2.07 bits per heavy atom. The van der Waals surface area contributed by atoms with Crippen molar-refractivity contribution in [1.82, 2.24) is 0 Å². The number of ether oxygens (including phenoxy) is 1. The Morgan fingerprint density at radius 3 is 2.60 bits per heavy atom. The van der Waals surface area contributed by atoms with E-state index in [0.717, 1.165) is 17.7 Å². The first kappa shape index (κ1) is 11.1. The van der Waals surface area contributed by atoms with Crippen molar-refractivity contribution in [2.75, 3.05) is 6.61 Å². The zero-order valence-electron chi connectivity index (χ0n) is 8.89. The summed E-state index contributed by atoms with van der Waals surface area (Å²) in [5, 5.41) is 0. The lowest BCUT2D eigenvalue weighted by Gasteiger charge is -2.09. The molecule has 0 saturated heterocycles. The van der Waals surface area contributed by atoms with Crippen LogP contribution in [0.1, 0.15) is 17.5 Å². The second-order valence-electron chi connectivity index (χ2n) is 4.24. The van der Waals surface area contributed by atoms with E-state index < -0.39 is 4.33 Å². The van der Waals surface area contributed by atoms with Gasteiger partial charge in [0.25, 0.3) is 0 Å². The molecule has 1 fully saturated rings. The van der Waals surface area contributed by atoms with Crippen molar-refractivity contribution in [2.45, 2.75) is 24.6 Å². The van der Waals surface area contributed by atoms with E-state index in [4.69, 9.17) is 27.9 Å². The lowest BCUT2D eigenvalue weighted by atomic mass is 10.1. The maximum Gasteiger partial charge on any atom is 0.125 e. The molecule has 1 aliphatic carbocycles. The zero-order chi connectivity index (χ0) is 11.1. The van der Waals surface area contributed by atoms with E-state index in [-0.39, 0.29) is 5.92 Å². The number of hydrogen-bond donors (Lipinski definition) is 0. The van der Waals surface area contributed by atoms with Crippen LogP contribution in [0.2, 0.25) is 0 Å². The van der Waals surface area contributed by atoms with Crippen molar-refractivity contribution in [1.29, 1.82) is 0 Å². The summed E-state index contributed by atoms with van der Waals surface area (Å²) in [6.07, 6.45) is 0.834. The predicted octanol–water partition coefficient (Wildman–Crippen LogP) is 3.88. The number of halogens is 2. The van der Waals surface area contributed by atoms with E-state index >= 15 is 0 Å². The van der Waals surface area contributed by atoms with Gasteiger partial charge in [-0.25, -0.2) is 0 Å². The molecular formula is C12H14Cl2O. The maximum absolute atomic E-state index is 5.92. The molecule has 15 heavy (non-hydrogen) atoms. The first-order valence-electron chi connectivity index (χ1n) is 5.07. The molecule has 0 aliphatic heterocycles. The van der Waals surface area contributed by atoms with Crippen LogP contribution in [0.5, 0.6) is 5.75 Å². The molecule has 0 spiro atoms.